The van der Waals surface area contributed by atoms with E-state index >= 15 is 0 Å². The Hall–Kier alpha value is -2.08. The smallest absolute Gasteiger partial charge is 0.238 e. The highest BCUT2D eigenvalue weighted by atomic mass is 16.2. The fourth-order valence-electron chi connectivity index (χ4n) is 2.86. The average Bonchev–Trinajstić information content (AvgIpc) is 2.59. The van der Waals surface area contributed by atoms with Gasteiger partial charge in [-0.15, -0.1) is 0 Å². The number of aliphatic imine (C=N–C) groups is 1. The van der Waals surface area contributed by atoms with E-state index in [-0.39, 0.29) is 5.91 Å². The predicted molar refractivity (Wildman–Crippen MR) is 120 cm³/mol. The molecule has 0 saturated carbocycles. The van der Waals surface area contributed by atoms with Crippen LogP contribution in [0.5, 0.6) is 0 Å². The highest BCUT2D eigenvalue weighted by molar-refractivity contribution is 5.92. The van der Waals surface area contributed by atoms with Crippen molar-refractivity contribution in [2.45, 2.75) is 59.5 Å². The first-order valence-electron chi connectivity index (χ1n) is 10.4. The van der Waals surface area contributed by atoms with Crippen molar-refractivity contribution in [1.29, 1.82) is 0 Å². The van der Waals surface area contributed by atoms with Gasteiger partial charge in [-0.25, -0.2) is 4.99 Å². The maximum Gasteiger partial charge on any atom is 0.238 e. The summed E-state index contributed by atoms with van der Waals surface area (Å²) in [6, 6.07) is 8.24. The summed E-state index contributed by atoms with van der Waals surface area (Å²) in [5, 5.41) is 9.74. The van der Waals surface area contributed by atoms with E-state index in [4.69, 9.17) is 4.99 Å². The zero-order valence-electron chi connectivity index (χ0n) is 18.5. The Morgan fingerprint density at radius 3 is 2.57 bits per heavy atom. The molecule has 1 aromatic rings. The number of carbonyl (C=O) groups is 1. The largest absolute Gasteiger partial charge is 0.357 e. The van der Waals surface area contributed by atoms with Crippen molar-refractivity contribution in [2.75, 3.05) is 32.5 Å². The zero-order chi connectivity index (χ0) is 20.9. The van der Waals surface area contributed by atoms with E-state index in [0.29, 0.717) is 19.1 Å². The highest BCUT2D eigenvalue weighted by Gasteiger charge is 2.07. The number of hydrogen-bond acceptors (Lipinski definition) is 3. The number of benzene rings is 1. The second-order valence-corrected chi connectivity index (χ2v) is 8.05. The SMILES string of the molecule is CCNC(=NCc1cccc(NC(=O)CN(C)C)c1)NC(C)CCCC(C)C. The summed E-state index contributed by atoms with van der Waals surface area (Å²) < 4.78 is 0. The molecule has 158 valence electrons. The van der Waals surface area contributed by atoms with Gasteiger partial charge in [-0.05, 0) is 58.0 Å². The van der Waals surface area contributed by atoms with E-state index in [1.807, 2.05) is 43.3 Å². The normalized spacial score (nSPS) is 12.9. The molecule has 0 bridgehead atoms. The van der Waals surface area contributed by atoms with Gasteiger partial charge in [0.1, 0.15) is 0 Å². The van der Waals surface area contributed by atoms with Gasteiger partial charge >= 0.3 is 0 Å². The van der Waals surface area contributed by atoms with Crippen molar-refractivity contribution < 1.29 is 4.79 Å². The van der Waals surface area contributed by atoms with Crippen molar-refractivity contribution in [2.24, 2.45) is 10.9 Å². The molecule has 1 rings (SSSR count). The van der Waals surface area contributed by atoms with Crippen molar-refractivity contribution >= 4 is 17.6 Å². The van der Waals surface area contributed by atoms with E-state index < -0.39 is 0 Å². The Balaban J connectivity index is 2.63. The van der Waals surface area contributed by atoms with Crippen LogP contribution >= 0.6 is 0 Å². The topological polar surface area (TPSA) is 68.8 Å². The van der Waals surface area contributed by atoms with Gasteiger partial charge in [0, 0.05) is 18.3 Å². The third kappa shape index (κ3) is 10.9. The van der Waals surface area contributed by atoms with Gasteiger partial charge < -0.3 is 20.9 Å². The van der Waals surface area contributed by atoms with Gasteiger partial charge in [0.05, 0.1) is 13.1 Å². The molecule has 0 radical (unpaired) electrons. The van der Waals surface area contributed by atoms with Crippen LogP contribution in [0, 0.1) is 5.92 Å². The van der Waals surface area contributed by atoms with E-state index in [1.54, 1.807) is 0 Å². The summed E-state index contributed by atoms with van der Waals surface area (Å²) in [5.41, 5.74) is 1.87. The number of rotatable bonds is 11. The summed E-state index contributed by atoms with van der Waals surface area (Å²) in [7, 11) is 3.76. The summed E-state index contributed by atoms with van der Waals surface area (Å²) in [5.74, 6) is 1.57. The molecule has 0 heterocycles. The monoisotopic (exact) mass is 389 g/mol. The number of likely N-dealkylation sites (N-methyl/N-ethyl adjacent to an activating group) is 1. The maximum atomic E-state index is 11.9. The fourth-order valence-corrected chi connectivity index (χ4v) is 2.86. The fraction of sp³-hybridized carbons (Fsp3) is 0.636. The van der Waals surface area contributed by atoms with E-state index in [1.165, 1.54) is 12.8 Å². The second kappa shape index (κ2) is 13.2. The lowest BCUT2D eigenvalue weighted by Gasteiger charge is -2.18. The van der Waals surface area contributed by atoms with E-state index in [0.717, 1.165) is 36.1 Å². The summed E-state index contributed by atoms with van der Waals surface area (Å²) in [6.07, 6.45) is 3.61. The van der Waals surface area contributed by atoms with E-state index in [9.17, 15) is 4.79 Å². The molecule has 6 heteroatoms. The third-order valence-corrected chi connectivity index (χ3v) is 4.24. The first-order chi connectivity index (χ1) is 13.3. The Bertz CT molecular complexity index is 613. The molecule has 0 saturated heterocycles. The Kier molecular flexibility index (Phi) is 11.3. The minimum absolute atomic E-state index is 0.0177. The van der Waals surface area contributed by atoms with Crippen LogP contribution in [0.4, 0.5) is 5.69 Å². The molecule has 28 heavy (non-hydrogen) atoms. The van der Waals surface area contributed by atoms with Gasteiger partial charge in [-0.2, -0.15) is 0 Å². The van der Waals surface area contributed by atoms with Gasteiger partial charge in [0.25, 0.3) is 0 Å². The van der Waals surface area contributed by atoms with Gasteiger partial charge in [-0.3, -0.25) is 4.79 Å². The van der Waals surface area contributed by atoms with Crippen LogP contribution in [0.15, 0.2) is 29.3 Å². The van der Waals surface area contributed by atoms with Crippen molar-refractivity contribution in [3.05, 3.63) is 29.8 Å². The lowest BCUT2D eigenvalue weighted by molar-refractivity contribution is -0.116. The molecule has 6 nitrogen and oxygen atoms in total. The first-order valence-corrected chi connectivity index (χ1v) is 10.4. The zero-order valence-corrected chi connectivity index (χ0v) is 18.5. The van der Waals surface area contributed by atoms with Crippen LogP contribution in [0.3, 0.4) is 0 Å². The molecular weight excluding hydrogens is 350 g/mol. The van der Waals surface area contributed by atoms with E-state index in [2.05, 4.69) is 43.6 Å². The molecule has 1 unspecified atom stereocenters. The molecule has 0 aromatic heterocycles. The molecule has 1 amide bonds. The average molecular weight is 390 g/mol. The molecule has 0 aliphatic heterocycles. The van der Waals surface area contributed by atoms with Crippen molar-refractivity contribution in [3.8, 4) is 0 Å². The van der Waals surface area contributed by atoms with Crippen LogP contribution < -0.4 is 16.0 Å². The van der Waals surface area contributed by atoms with Gasteiger partial charge in [0.2, 0.25) is 5.91 Å². The minimum Gasteiger partial charge on any atom is -0.357 e. The standard InChI is InChI=1S/C22H39N5O/c1-7-23-22(25-18(4)11-8-10-17(2)3)24-15-19-12-9-13-20(14-19)26-21(28)16-27(5)6/h9,12-14,17-18H,7-8,10-11,15-16H2,1-6H3,(H,26,28)(H2,23,24,25). The summed E-state index contributed by atoms with van der Waals surface area (Å²) in [6.45, 7) is 10.6. The van der Waals surface area contributed by atoms with Crippen LogP contribution in [-0.4, -0.2) is 50.0 Å². The van der Waals surface area contributed by atoms with Crippen LogP contribution in [0.2, 0.25) is 0 Å². The number of amides is 1. The number of anilines is 1. The molecule has 0 aliphatic rings. The molecule has 0 aliphatic carbocycles. The van der Waals surface area contributed by atoms with Crippen LogP contribution in [-0.2, 0) is 11.3 Å². The van der Waals surface area contributed by atoms with Gasteiger partial charge in [-0.1, -0.05) is 38.8 Å². The Labute approximate surface area is 171 Å². The highest BCUT2D eigenvalue weighted by Crippen LogP contribution is 2.12. The number of hydrogen-bond donors (Lipinski definition) is 3. The quantitative estimate of drug-likeness (QED) is 0.400. The van der Waals surface area contributed by atoms with Crippen LogP contribution in [0.1, 0.15) is 52.5 Å². The molecule has 0 spiro atoms. The lowest BCUT2D eigenvalue weighted by Crippen LogP contribution is -2.42. The second-order valence-electron chi connectivity index (χ2n) is 8.05. The Morgan fingerprint density at radius 2 is 1.93 bits per heavy atom. The third-order valence-electron chi connectivity index (χ3n) is 4.24. The van der Waals surface area contributed by atoms with Gasteiger partial charge in [0.15, 0.2) is 5.96 Å². The summed E-state index contributed by atoms with van der Waals surface area (Å²) >= 11 is 0. The Morgan fingerprint density at radius 1 is 1.18 bits per heavy atom. The number of guanidine groups is 1. The maximum absolute atomic E-state index is 11.9. The molecule has 1 aromatic carbocycles. The summed E-state index contributed by atoms with van der Waals surface area (Å²) in [4.78, 5) is 18.5. The molecule has 1 atom stereocenters. The first kappa shape index (κ1) is 24.0. The lowest BCUT2D eigenvalue weighted by atomic mass is 10.0. The van der Waals surface area contributed by atoms with Crippen molar-refractivity contribution in [1.82, 2.24) is 15.5 Å². The van der Waals surface area contributed by atoms with Crippen LogP contribution in [0.25, 0.3) is 0 Å². The molecule has 0 fully saturated rings. The molecule has 3 N–H and O–H groups in total. The minimum atomic E-state index is -0.0177. The molecular formula is C22H39N5O. The number of carbonyl (C=O) groups excluding carboxylic acids is 1. The number of nitrogens with one attached hydrogen (secondary N) is 3. The van der Waals surface area contributed by atoms with Crippen molar-refractivity contribution in [3.63, 3.8) is 0 Å². The number of nitrogens with zero attached hydrogens (tertiary/aromatic N) is 2. The predicted octanol–water partition coefficient (Wildman–Crippen LogP) is 3.46.